The molecular formula is C20H21F3N2O2. The summed E-state index contributed by atoms with van der Waals surface area (Å²) in [6.07, 6.45) is -4.68. The summed E-state index contributed by atoms with van der Waals surface area (Å²) in [6, 6.07) is 13.4. The molecule has 144 valence electrons. The lowest BCUT2D eigenvalue weighted by Crippen LogP contribution is -2.48. The third kappa shape index (κ3) is 5.47. The fraction of sp³-hybridized carbons (Fsp3) is 0.350. The predicted molar refractivity (Wildman–Crippen MR) is 95.5 cm³/mol. The van der Waals surface area contributed by atoms with E-state index in [0.717, 1.165) is 24.2 Å². The van der Waals surface area contributed by atoms with Gasteiger partial charge in [-0.25, -0.2) is 0 Å². The molecule has 1 aliphatic rings. The summed E-state index contributed by atoms with van der Waals surface area (Å²) < 4.78 is 40.5. The van der Waals surface area contributed by atoms with Crippen molar-refractivity contribution in [3.63, 3.8) is 0 Å². The maximum atomic E-state index is 12.5. The van der Waals surface area contributed by atoms with Crippen LogP contribution in [0.25, 0.3) is 0 Å². The Morgan fingerprint density at radius 1 is 0.963 bits per heavy atom. The molecule has 1 saturated heterocycles. The van der Waals surface area contributed by atoms with Crippen LogP contribution in [0.1, 0.15) is 21.5 Å². The molecule has 0 saturated carbocycles. The number of carbonyl (C=O) groups excluding carboxylic acids is 1. The van der Waals surface area contributed by atoms with Gasteiger partial charge in [0.15, 0.2) is 0 Å². The predicted octanol–water partition coefficient (Wildman–Crippen LogP) is 3.85. The van der Waals surface area contributed by atoms with Gasteiger partial charge in [-0.15, -0.1) is 13.2 Å². The van der Waals surface area contributed by atoms with Crippen molar-refractivity contribution in [2.24, 2.45) is 0 Å². The minimum absolute atomic E-state index is 0.0308. The highest BCUT2D eigenvalue weighted by Gasteiger charge is 2.31. The SMILES string of the molecule is Cc1ccc(C(=O)N2CCN(Cc3ccc(OC(F)(F)F)cc3)CC2)cc1. The number of hydrogen-bond acceptors (Lipinski definition) is 3. The molecule has 3 rings (SSSR count). The summed E-state index contributed by atoms with van der Waals surface area (Å²) in [7, 11) is 0. The topological polar surface area (TPSA) is 32.8 Å². The van der Waals surface area contributed by atoms with Gasteiger partial charge in [-0.3, -0.25) is 9.69 Å². The molecule has 0 N–H and O–H groups in total. The van der Waals surface area contributed by atoms with Crippen molar-refractivity contribution in [3.8, 4) is 5.75 Å². The lowest BCUT2D eigenvalue weighted by atomic mass is 10.1. The molecule has 0 atom stereocenters. The van der Waals surface area contributed by atoms with E-state index in [1.807, 2.05) is 36.1 Å². The average molecular weight is 378 g/mol. The van der Waals surface area contributed by atoms with Crippen LogP contribution in [0.5, 0.6) is 5.75 Å². The van der Waals surface area contributed by atoms with Gasteiger partial charge in [0.2, 0.25) is 0 Å². The molecule has 0 radical (unpaired) electrons. The molecular weight excluding hydrogens is 357 g/mol. The van der Waals surface area contributed by atoms with Crippen molar-refractivity contribution in [2.45, 2.75) is 19.8 Å². The molecule has 2 aromatic rings. The second kappa shape index (κ2) is 8.00. The number of ether oxygens (including phenoxy) is 1. The highest BCUT2D eigenvalue weighted by Crippen LogP contribution is 2.23. The number of amides is 1. The van der Waals surface area contributed by atoms with Crippen molar-refractivity contribution in [2.75, 3.05) is 26.2 Å². The molecule has 1 heterocycles. The lowest BCUT2D eigenvalue weighted by molar-refractivity contribution is -0.274. The van der Waals surface area contributed by atoms with Gasteiger partial charge in [0.05, 0.1) is 0 Å². The third-order valence-corrected chi connectivity index (χ3v) is 4.52. The maximum Gasteiger partial charge on any atom is 0.573 e. The quantitative estimate of drug-likeness (QED) is 0.810. The average Bonchev–Trinajstić information content (AvgIpc) is 2.63. The Morgan fingerprint density at radius 2 is 1.56 bits per heavy atom. The van der Waals surface area contributed by atoms with Crippen LogP contribution in [0, 0.1) is 6.92 Å². The van der Waals surface area contributed by atoms with Crippen molar-refractivity contribution in [3.05, 3.63) is 65.2 Å². The number of nitrogens with zero attached hydrogens (tertiary/aromatic N) is 2. The molecule has 1 amide bonds. The number of benzene rings is 2. The van der Waals surface area contributed by atoms with E-state index in [4.69, 9.17) is 0 Å². The van der Waals surface area contributed by atoms with Gasteiger partial charge in [0.1, 0.15) is 5.75 Å². The summed E-state index contributed by atoms with van der Waals surface area (Å²) in [4.78, 5) is 16.5. The van der Waals surface area contributed by atoms with Crippen molar-refractivity contribution in [1.82, 2.24) is 9.80 Å². The largest absolute Gasteiger partial charge is 0.573 e. The first kappa shape index (κ1) is 19.2. The van der Waals surface area contributed by atoms with Crippen molar-refractivity contribution < 1.29 is 22.7 Å². The first-order valence-corrected chi connectivity index (χ1v) is 8.73. The van der Waals surface area contributed by atoms with Gasteiger partial charge in [-0.2, -0.15) is 0 Å². The van der Waals surface area contributed by atoms with Crippen molar-refractivity contribution >= 4 is 5.91 Å². The zero-order chi connectivity index (χ0) is 19.4. The van der Waals surface area contributed by atoms with Gasteiger partial charge in [0.25, 0.3) is 5.91 Å². The first-order chi connectivity index (χ1) is 12.8. The minimum atomic E-state index is -4.68. The molecule has 0 unspecified atom stereocenters. The highest BCUT2D eigenvalue weighted by molar-refractivity contribution is 5.94. The van der Waals surface area contributed by atoms with Crippen LogP contribution in [0.3, 0.4) is 0 Å². The Kier molecular flexibility index (Phi) is 5.70. The van der Waals surface area contributed by atoms with E-state index < -0.39 is 6.36 Å². The molecule has 2 aromatic carbocycles. The number of alkyl halides is 3. The summed E-state index contributed by atoms with van der Waals surface area (Å²) in [5.41, 5.74) is 2.71. The Bertz CT molecular complexity index is 765. The van der Waals surface area contributed by atoms with E-state index in [2.05, 4.69) is 9.64 Å². The Hall–Kier alpha value is -2.54. The Labute approximate surface area is 156 Å². The molecule has 27 heavy (non-hydrogen) atoms. The van der Waals surface area contributed by atoms with Gasteiger partial charge in [-0.05, 0) is 36.8 Å². The summed E-state index contributed by atoms with van der Waals surface area (Å²) in [5.74, 6) is -0.192. The first-order valence-electron chi connectivity index (χ1n) is 8.73. The van der Waals surface area contributed by atoms with Gasteiger partial charge in [0, 0.05) is 38.3 Å². The third-order valence-electron chi connectivity index (χ3n) is 4.52. The summed E-state index contributed by atoms with van der Waals surface area (Å²) in [5, 5.41) is 0. The lowest BCUT2D eigenvalue weighted by Gasteiger charge is -2.34. The molecule has 0 aromatic heterocycles. The highest BCUT2D eigenvalue weighted by atomic mass is 19.4. The second-order valence-corrected chi connectivity index (χ2v) is 6.63. The van der Waals surface area contributed by atoms with E-state index in [1.54, 1.807) is 12.1 Å². The van der Waals surface area contributed by atoms with E-state index in [-0.39, 0.29) is 11.7 Å². The van der Waals surface area contributed by atoms with E-state index >= 15 is 0 Å². The Morgan fingerprint density at radius 3 is 2.11 bits per heavy atom. The number of halogens is 3. The fourth-order valence-corrected chi connectivity index (χ4v) is 3.04. The standard InChI is InChI=1S/C20H21F3N2O2/c1-15-2-6-17(7-3-15)19(26)25-12-10-24(11-13-25)14-16-4-8-18(9-5-16)27-20(21,22)23/h2-9H,10-14H2,1H3. The number of aryl methyl sites for hydroxylation is 1. The molecule has 1 aliphatic heterocycles. The van der Waals surface area contributed by atoms with Gasteiger partial charge < -0.3 is 9.64 Å². The van der Waals surface area contributed by atoms with Crippen LogP contribution >= 0.6 is 0 Å². The summed E-state index contributed by atoms with van der Waals surface area (Å²) >= 11 is 0. The van der Waals surface area contributed by atoms with E-state index in [9.17, 15) is 18.0 Å². The van der Waals surface area contributed by atoms with Crippen LogP contribution in [0.2, 0.25) is 0 Å². The monoisotopic (exact) mass is 378 g/mol. The van der Waals surface area contributed by atoms with Gasteiger partial charge >= 0.3 is 6.36 Å². The molecule has 0 bridgehead atoms. The van der Waals surface area contributed by atoms with E-state index in [0.29, 0.717) is 25.2 Å². The second-order valence-electron chi connectivity index (χ2n) is 6.63. The van der Waals surface area contributed by atoms with Crippen LogP contribution in [-0.2, 0) is 6.54 Å². The molecule has 0 spiro atoms. The van der Waals surface area contributed by atoms with Crippen LogP contribution in [0.15, 0.2) is 48.5 Å². The van der Waals surface area contributed by atoms with Gasteiger partial charge in [-0.1, -0.05) is 29.8 Å². The zero-order valence-electron chi connectivity index (χ0n) is 15.0. The van der Waals surface area contributed by atoms with Crippen LogP contribution < -0.4 is 4.74 Å². The maximum absolute atomic E-state index is 12.5. The number of hydrogen-bond donors (Lipinski definition) is 0. The number of rotatable bonds is 4. The Balaban J connectivity index is 1.50. The number of piperazine rings is 1. The molecule has 0 aliphatic carbocycles. The minimum Gasteiger partial charge on any atom is -0.406 e. The number of carbonyl (C=O) groups is 1. The molecule has 1 fully saturated rings. The smallest absolute Gasteiger partial charge is 0.406 e. The normalized spacial score (nSPS) is 15.6. The molecule has 7 heteroatoms. The van der Waals surface area contributed by atoms with Crippen LogP contribution in [-0.4, -0.2) is 48.2 Å². The summed E-state index contributed by atoms with van der Waals surface area (Å²) in [6.45, 7) is 5.30. The fourth-order valence-electron chi connectivity index (χ4n) is 3.04. The van der Waals surface area contributed by atoms with Crippen LogP contribution in [0.4, 0.5) is 13.2 Å². The van der Waals surface area contributed by atoms with E-state index in [1.165, 1.54) is 12.1 Å². The van der Waals surface area contributed by atoms with Crippen molar-refractivity contribution in [1.29, 1.82) is 0 Å². The molecule has 4 nitrogen and oxygen atoms in total. The zero-order valence-corrected chi connectivity index (χ0v) is 15.0.